The Morgan fingerprint density at radius 1 is 1.18 bits per heavy atom. The third-order valence-electron chi connectivity index (χ3n) is 6.91. The molecule has 1 unspecified atom stereocenters. The number of ether oxygens (including phenoxy) is 5. The number of carboxylic acids is 1. The molecular weight excluding hydrogens is 496 g/mol. The van der Waals surface area contributed by atoms with E-state index in [1.807, 2.05) is 0 Å². The van der Waals surface area contributed by atoms with Crippen LogP contribution in [-0.4, -0.2) is 80.0 Å². The van der Waals surface area contributed by atoms with E-state index in [9.17, 15) is 14.4 Å². The summed E-state index contributed by atoms with van der Waals surface area (Å²) in [6.07, 6.45) is 4.57. The molecule has 38 heavy (non-hydrogen) atoms. The Kier molecular flexibility index (Phi) is 9.46. The Morgan fingerprint density at radius 3 is 2.71 bits per heavy atom. The molecule has 0 saturated carbocycles. The average molecular weight is 533 g/mol. The van der Waals surface area contributed by atoms with Crippen molar-refractivity contribution in [2.24, 2.45) is 0 Å². The molecule has 0 aromatic heterocycles. The summed E-state index contributed by atoms with van der Waals surface area (Å²) in [5.41, 5.74) is 0.533. The van der Waals surface area contributed by atoms with Gasteiger partial charge in [0, 0.05) is 25.6 Å². The Labute approximate surface area is 222 Å². The number of rotatable bonds is 10. The number of piperidine rings is 1. The predicted molar refractivity (Wildman–Crippen MR) is 137 cm³/mol. The summed E-state index contributed by atoms with van der Waals surface area (Å²) in [6.45, 7) is 4.82. The van der Waals surface area contributed by atoms with Crippen molar-refractivity contribution in [1.29, 1.82) is 0 Å². The topological polar surface area (TPSA) is 124 Å². The molecule has 208 valence electrons. The first-order valence-electron chi connectivity index (χ1n) is 13.2. The summed E-state index contributed by atoms with van der Waals surface area (Å²) in [6, 6.07) is 2.72. The van der Waals surface area contributed by atoms with Crippen LogP contribution in [0.25, 0.3) is 0 Å². The second kappa shape index (κ2) is 13.0. The van der Waals surface area contributed by atoms with Crippen LogP contribution >= 0.6 is 0 Å². The quantitative estimate of drug-likeness (QED) is 0.352. The van der Waals surface area contributed by atoms with Gasteiger partial charge < -0.3 is 33.7 Å². The SMILES string of the molecule is C=CCOC(=O)N1c2cc(OCCCC(=O)O)c(OC)cc2C(=O)N2CCCC[C@H]2[C@@H]1OC1CCCCO1. The van der Waals surface area contributed by atoms with Gasteiger partial charge in [-0.2, -0.15) is 0 Å². The van der Waals surface area contributed by atoms with Crippen molar-refractivity contribution in [3.63, 3.8) is 0 Å². The van der Waals surface area contributed by atoms with Gasteiger partial charge in [0.05, 0.1) is 31.0 Å². The minimum atomic E-state index is -0.925. The van der Waals surface area contributed by atoms with Crippen molar-refractivity contribution in [2.45, 2.75) is 69.9 Å². The van der Waals surface area contributed by atoms with Gasteiger partial charge in [-0.15, -0.1) is 0 Å². The molecule has 4 rings (SSSR count). The summed E-state index contributed by atoms with van der Waals surface area (Å²) in [7, 11) is 1.46. The molecule has 11 nitrogen and oxygen atoms in total. The zero-order valence-electron chi connectivity index (χ0n) is 21.8. The van der Waals surface area contributed by atoms with Crippen LogP contribution in [0.3, 0.4) is 0 Å². The van der Waals surface area contributed by atoms with Crippen LogP contribution in [0.2, 0.25) is 0 Å². The molecule has 0 aliphatic carbocycles. The van der Waals surface area contributed by atoms with Crippen LogP contribution < -0.4 is 14.4 Å². The zero-order chi connectivity index (χ0) is 27.1. The van der Waals surface area contributed by atoms with Gasteiger partial charge in [0.1, 0.15) is 6.61 Å². The third kappa shape index (κ3) is 6.21. The molecule has 1 aromatic rings. The Bertz CT molecular complexity index is 1020. The van der Waals surface area contributed by atoms with Crippen LogP contribution in [0.15, 0.2) is 24.8 Å². The van der Waals surface area contributed by atoms with E-state index >= 15 is 0 Å². The van der Waals surface area contributed by atoms with E-state index in [0.717, 1.165) is 25.7 Å². The number of benzene rings is 1. The summed E-state index contributed by atoms with van der Waals surface area (Å²) >= 11 is 0. The standard InChI is InChI=1S/C27H36N2O9/c1-3-13-37-27(33)29-20-17-22(35-15-8-10-23(30)31)21(34-2)16-18(20)25(32)28-12-6-4-9-19(28)26(29)38-24-11-5-7-14-36-24/h3,16-17,19,24,26H,1,4-15H2,2H3,(H,30,31)/t19-,24?,26-/m0/s1. The molecule has 1 aromatic carbocycles. The number of hydrogen-bond donors (Lipinski definition) is 1. The van der Waals surface area contributed by atoms with Crippen molar-refractivity contribution in [3.05, 3.63) is 30.4 Å². The molecule has 2 saturated heterocycles. The molecule has 11 heteroatoms. The smallest absolute Gasteiger partial charge is 0.416 e. The van der Waals surface area contributed by atoms with E-state index in [2.05, 4.69) is 6.58 Å². The second-order valence-corrected chi connectivity index (χ2v) is 9.49. The summed E-state index contributed by atoms with van der Waals surface area (Å²) in [5.74, 6) is -0.586. The van der Waals surface area contributed by atoms with Gasteiger partial charge in [0.15, 0.2) is 24.0 Å². The fourth-order valence-corrected chi connectivity index (χ4v) is 5.10. The molecule has 3 heterocycles. The summed E-state index contributed by atoms with van der Waals surface area (Å²) < 4.78 is 29.2. The van der Waals surface area contributed by atoms with Crippen molar-refractivity contribution >= 4 is 23.7 Å². The predicted octanol–water partition coefficient (Wildman–Crippen LogP) is 3.95. The van der Waals surface area contributed by atoms with Crippen molar-refractivity contribution < 1.29 is 43.2 Å². The third-order valence-corrected chi connectivity index (χ3v) is 6.91. The summed E-state index contributed by atoms with van der Waals surface area (Å²) in [4.78, 5) is 41.5. The normalized spacial score (nSPS) is 23.1. The Balaban J connectivity index is 1.78. The van der Waals surface area contributed by atoms with Gasteiger partial charge in [0.25, 0.3) is 5.91 Å². The monoisotopic (exact) mass is 532 g/mol. The fraction of sp³-hybridized carbons (Fsp3) is 0.593. The van der Waals surface area contributed by atoms with Crippen LogP contribution in [0.5, 0.6) is 11.5 Å². The first kappa shape index (κ1) is 27.7. The van der Waals surface area contributed by atoms with E-state index in [-0.39, 0.29) is 49.0 Å². The lowest BCUT2D eigenvalue weighted by Gasteiger charge is -2.42. The maximum atomic E-state index is 13.9. The highest BCUT2D eigenvalue weighted by molar-refractivity contribution is 6.06. The Morgan fingerprint density at radius 2 is 2.00 bits per heavy atom. The van der Waals surface area contributed by atoms with Crippen molar-refractivity contribution in [1.82, 2.24) is 4.90 Å². The van der Waals surface area contributed by atoms with Crippen LogP contribution in [0.4, 0.5) is 10.5 Å². The maximum Gasteiger partial charge on any atom is 0.416 e. The van der Waals surface area contributed by atoms with Crippen molar-refractivity contribution in [3.8, 4) is 11.5 Å². The average Bonchev–Trinajstić information content (AvgIpc) is 3.02. The largest absolute Gasteiger partial charge is 0.493 e. The van der Waals surface area contributed by atoms with E-state index < -0.39 is 30.6 Å². The fourth-order valence-electron chi connectivity index (χ4n) is 5.10. The minimum absolute atomic E-state index is 0.0195. The first-order chi connectivity index (χ1) is 18.4. The maximum absolute atomic E-state index is 13.9. The zero-order valence-corrected chi connectivity index (χ0v) is 21.8. The first-order valence-corrected chi connectivity index (χ1v) is 13.2. The highest BCUT2D eigenvalue weighted by Crippen LogP contribution is 2.42. The minimum Gasteiger partial charge on any atom is -0.493 e. The van der Waals surface area contributed by atoms with Crippen LogP contribution in [-0.2, 0) is 19.0 Å². The lowest BCUT2D eigenvalue weighted by Crippen LogP contribution is -2.57. The number of hydrogen-bond acceptors (Lipinski definition) is 8. The molecule has 3 aliphatic rings. The van der Waals surface area contributed by atoms with Crippen LogP contribution in [0.1, 0.15) is 61.7 Å². The number of fused-ring (bicyclic) bond motifs is 2. The van der Waals surface area contributed by atoms with Gasteiger partial charge in [-0.05, 0) is 51.0 Å². The molecule has 3 aliphatic heterocycles. The number of methoxy groups -OCH3 is 1. The van der Waals surface area contributed by atoms with E-state index in [1.165, 1.54) is 18.1 Å². The molecule has 0 spiro atoms. The number of nitrogens with zero attached hydrogens (tertiary/aromatic N) is 2. The van der Waals surface area contributed by atoms with Crippen molar-refractivity contribution in [2.75, 3.05) is 38.4 Å². The highest BCUT2D eigenvalue weighted by atomic mass is 16.7. The number of carbonyl (C=O) groups is 3. The molecule has 0 bridgehead atoms. The lowest BCUT2D eigenvalue weighted by molar-refractivity contribution is -0.198. The number of amides is 2. The number of carbonyl (C=O) groups excluding carboxylic acids is 2. The second-order valence-electron chi connectivity index (χ2n) is 9.49. The number of aliphatic carboxylic acids is 1. The Hall–Kier alpha value is -3.31. The molecule has 3 atom stereocenters. The molecule has 2 amide bonds. The van der Waals surface area contributed by atoms with Gasteiger partial charge in [0.2, 0.25) is 0 Å². The summed E-state index contributed by atoms with van der Waals surface area (Å²) in [5, 5.41) is 8.95. The van der Waals surface area contributed by atoms with Crippen LogP contribution in [0, 0.1) is 0 Å². The van der Waals surface area contributed by atoms with Gasteiger partial charge in [-0.25, -0.2) is 9.69 Å². The van der Waals surface area contributed by atoms with E-state index in [0.29, 0.717) is 31.7 Å². The molecular formula is C27H36N2O9. The van der Waals surface area contributed by atoms with E-state index in [4.69, 9.17) is 28.8 Å². The van der Waals surface area contributed by atoms with Gasteiger partial charge in [-0.1, -0.05) is 12.7 Å². The highest BCUT2D eigenvalue weighted by Gasteiger charge is 2.46. The van der Waals surface area contributed by atoms with E-state index in [1.54, 1.807) is 17.0 Å². The molecule has 0 radical (unpaired) electrons. The molecule has 2 fully saturated rings. The number of carboxylic acid groups (broad SMARTS) is 1. The molecule has 1 N–H and O–H groups in total. The number of anilines is 1. The van der Waals surface area contributed by atoms with Gasteiger partial charge >= 0.3 is 12.1 Å². The lowest BCUT2D eigenvalue weighted by atomic mass is 10.00. The van der Waals surface area contributed by atoms with Gasteiger partial charge in [-0.3, -0.25) is 9.59 Å².